The lowest BCUT2D eigenvalue weighted by Crippen LogP contribution is -2.02. The number of carboxylic acids is 1. The fourth-order valence-electron chi connectivity index (χ4n) is 3.15. The van der Waals surface area contributed by atoms with Crippen LogP contribution in [0.25, 0.3) is 22.2 Å². The standard InChI is InChI=1S/C21H18N4O2/c1-13-9-15(21(26)27)4-5-16(13)18-10-19(25-20-17(18)6-8-23-20)24-12-14-3-2-7-22-11-14/h2-11H,12H2,1H3,(H,26,27)(H2,23,24,25). The van der Waals surface area contributed by atoms with E-state index >= 15 is 0 Å². The molecule has 6 nitrogen and oxygen atoms in total. The molecule has 0 radical (unpaired) electrons. The Bertz CT molecular complexity index is 1120. The predicted octanol–water partition coefficient (Wildman–Crippen LogP) is 4.24. The van der Waals surface area contributed by atoms with Gasteiger partial charge in [0, 0.05) is 30.5 Å². The van der Waals surface area contributed by atoms with Crippen LogP contribution in [-0.4, -0.2) is 26.0 Å². The summed E-state index contributed by atoms with van der Waals surface area (Å²) in [7, 11) is 0. The molecule has 3 aromatic heterocycles. The number of aromatic amines is 1. The van der Waals surface area contributed by atoms with Gasteiger partial charge in [-0.2, -0.15) is 0 Å². The molecule has 0 aliphatic rings. The Balaban J connectivity index is 1.74. The lowest BCUT2D eigenvalue weighted by molar-refractivity contribution is 0.0697. The zero-order valence-electron chi connectivity index (χ0n) is 14.7. The molecule has 3 heterocycles. The molecule has 0 amide bonds. The van der Waals surface area contributed by atoms with Crippen molar-refractivity contribution in [1.82, 2.24) is 15.0 Å². The maximum Gasteiger partial charge on any atom is 0.335 e. The second kappa shape index (κ2) is 6.92. The zero-order valence-corrected chi connectivity index (χ0v) is 14.7. The highest BCUT2D eigenvalue weighted by Crippen LogP contribution is 2.32. The van der Waals surface area contributed by atoms with E-state index in [4.69, 9.17) is 0 Å². The third-order valence-electron chi connectivity index (χ3n) is 4.49. The smallest absolute Gasteiger partial charge is 0.335 e. The van der Waals surface area contributed by atoms with Crippen LogP contribution in [0.3, 0.4) is 0 Å². The summed E-state index contributed by atoms with van der Waals surface area (Å²) in [6, 6.07) is 13.1. The van der Waals surface area contributed by atoms with Gasteiger partial charge in [-0.25, -0.2) is 9.78 Å². The largest absolute Gasteiger partial charge is 0.478 e. The van der Waals surface area contributed by atoms with Crippen molar-refractivity contribution in [3.63, 3.8) is 0 Å². The second-order valence-electron chi connectivity index (χ2n) is 6.34. The molecule has 134 valence electrons. The third-order valence-corrected chi connectivity index (χ3v) is 4.49. The van der Waals surface area contributed by atoms with Gasteiger partial charge in [0.2, 0.25) is 0 Å². The number of anilines is 1. The van der Waals surface area contributed by atoms with Gasteiger partial charge in [-0.1, -0.05) is 12.1 Å². The van der Waals surface area contributed by atoms with Gasteiger partial charge in [0.15, 0.2) is 0 Å². The molecule has 0 saturated carbocycles. The quantitative estimate of drug-likeness (QED) is 0.496. The maximum absolute atomic E-state index is 11.2. The molecule has 0 aliphatic heterocycles. The molecule has 0 fully saturated rings. The highest BCUT2D eigenvalue weighted by Gasteiger charge is 2.13. The average molecular weight is 358 g/mol. The SMILES string of the molecule is Cc1cc(C(=O)O)ccc1-c1cc(NCc2cccnc2)nc2[nH]ccc12. The van der Waals surface area contributed by atoms with Crippen molar-refractivity contribution < 1.29 is 9.90 Å². The Labute approximate surface area is 155 Å². The number of fused-ring (bicyclic) bond motifs is 1. The normalized spacial score (nSPS) is 10.9. The lowest BCUT2D eigenvalue weighted by atomic mass is 9.97. The van der Waals surface area contributed by atoms with E-state index in [1.54, 1.807) is 18.3 Å². The summed E-state index contributed by atoms with van der Waals surface area (Å²) >= 11 is 0. The Morgan fingerprint density at radius 3 is 2.81 bits per heavy atom. The van der Waals surface area contributed by atoms with E-state index in [-0.39, 0.29) is 5.56 Å². The van der Waals surface area contributed by atoms with Crippen LogP contribution < -0.4 is 5.32 Å². The summed E-state index contributed by atoms with van der Waals surface area (Å²) in [4.78, 5) is 23.1. The Hall–Kier alpha value is -3.67. The number of benzene rings is 1. The minimum atomic E-state index is -0.926. The number of rotatable bonds is 5. The van der Waals surface area contributed by atoms with Gasteiger partial charge in [-0.3, -0.25) is 4.98 Å². The fourth-order valence-corrected chi connectivity index (χ4v) is 3.15. The lowest BCUT2D eigenvalue weighted by Gasteiger charge is -2.12. The number of aromatic carboxylic acids is 1. The number of hydrogen-bond donors (Lipinski definition) is 3. The molecule has 0 bridgehead atoms. The molecule has 27 heavy (non-hydrogen) atoms. The molecule has 0 aliphatic carbocycles. The first-order valence-corrected chi connectivity index (χ1v) is 8.57. The van der Waals surface area contributed by atoms with Crippen molar-refractivity contribution >= 4 is 22.8 Å². The Morgan fingerprint density at radius 2 is 2.07 bits per heavy atom. The van der Waals surface area contributed by atoms with E-state index in [1.807, 2.05) is 49.6 Å². The molecule has 4 rings (SSSR count). The van der Waals surface area contributed by atoms with Crippen LogP contribution >= 0.6 is 0 Å². The number of nitrogens with one attached hydrogen (secondary N) is 2. The first-order chi connectivity index (χ1) is 13.1. The van der Waals surface area contributed by atoms with Crippen LogP contribution in [0.5, 0.6) is 0 Å². The monoisotopic (exact) mass is 358 g/mol. The van der Waals surface area contributed by atoms with Crippen LogP contribution in [0.2, 0.25) is 0 Å². The Kier molecular flexibility index (Phi) is 4.30. The number of carbonyl (C=O) groups is 1. The highest BCUT2D eigenvalue weighted by atomic mass is 16.4. The minimum absolute atomic E-state index is 0.283. The van der Waals surface area contributed by atoms with Crippen molar-refractivity contribution in [2.45, 2.75) is 13.5 Å². The van der Waals surface area contributed by atoms with E-state index in [0.29, 0.717) is 6.54 Å². The average Bonchev–Trinajstić information content (AvgIpc) is 3.15. The van der Waals surface area contributed by atoms with E-state index in [9.17, 15) is 9.90 Å². The zero-order chi connectivity index (χ0) is 18.8. The van der Waals surface area contributed by atoms with E-state index in [2.05, 4.69) is 20.3 Å². The van der Waals surface area contributed by atoms with Gasteiger partial charge in [-0.05, 0) is 59.5 Å². The molecular weight excluding hydrogens is 340 g/mol. The summed E-state index contributed by atoms with van der Waals surface area (Å²) in [5.74, 6) is -0.185. The van der Waals surface area contributed by atoms with Crippen molar-refractivity contribution in [2.24, 2.45) is 0 Å². The molecule has 6 heteroatoms. The van der Waals surface area contributed by atoms with Crippen molar-refractivity contribution in [1.29, 1.82) is 0 Å². The summed E-state index contributed by atoms with van der Waals surface area (Å²) in [6.45, 7) is 2.53. The van der Waals surface area contributed by atoms with E-state index in [1.165, 1.54) is 0 Å². The summed E-state index contributed by atoms with van der Waals surface area (Å²) < 4.78 is 0. The molecular formula is C21H18N4O2. The number of aromatic nitrogens is 3. The third kappa shape index (κ3) is 3.37. The topological polar surface area (TPSA) is 90.9 Å². The number of aryl methyl sites for hydroxylation is 1. The first kappa shape index (κ1) is 16.8. The number of hydrogen-bond acceptors (Lipinski definition) is 4. The maximum atomic E-state index is 11.2. The van der Waals surface area contributed by atoms with Crippen LogP contribution in [0.15, 0.2) is 61.1 Å². The van der Waals surface area contributed by atoms with Gasteiger partial charge < -0.3 is 15.4 Å². The second-order valence-corrected chi connectivity index (χ2v) is 6.34. The predicted molar refractivity (Wildman–Crippen MR) is 105 cm³/mol. The van der Waals surface area contributed by atoms with E-state index in [0.717, 1.165) is 39.1 Å². The molecule has 0 atom stereocenters. The van der Waals surface area contributed by atoms with Gasteiger partial charge in [0.05, 0.1) is 5.56 Å². The molecule has 0 saturated heterocycles. The van der Waals surface area contributed by atoms with Gasteiger partial charge >= 0.3 is 5.97 Å². The van der Waals surface area contributed by atoms with Crippen LogP contribution in [0.4, 0.5) is 5.82 Å². The number of H-pyrrole nitrogens is 1. The fraction of sp³-hybridized carbons (Fsp3) is 0.0952. The molecule has 4 aromatic rings. The number of carboxylic acid groups (broad SMARTS) is 1. The highest BCUT2D eigenvalue weighted by molar-refractivity contribution is 5.96. The summed E-state index contributed by atoms with van der Waals surface area (Å²) in [5.41, 5.74) is 5.02. The van der Waals surface area contributed by atoms with Gasteiger partial charge in [0.25, 0.3) is 0 Å². The van der Waals surface area contributed by atoms with Gasteiger partial charge in [-0.15, -0.1) is 0 Å². The van der Waals surface area contributed by atoms with Crippen LogP contribution in [0.1, 0.15) is 21.5 Å². The molecule has 0 unspecified atom stereocenters. The van der Waals surface area contributed by atoms with Crippen molar-refractivity contribution in [3.05, 3.63) is 77.7 Å². The summed E-state index contributed by atoms with van der Waals surface area (Å²) in [6.07, 6.45) is 5.41. The first-order valence-electron chi connectivity index (χ1n) is 8.57. The van der Waals surface area contributed by atoms with Gasteiger partial charge in [0.1, 0.15) is 11.5 Å². The minimum Gasteiger partial charge on any atom is -0.478 e. The van der Waals surface area contributed by atoms with E-state index < -0.39 is 5.97 Å². The van der Waals surface area contributed by atoms with Crippen molar-refractivity contribution in [2.75, 3.05) is 5.32 Å². The molecule has 0 spiro atoms. The molecule has 1 aromatic carbocycles. The number of nitrogens with zero attached hydrogens (tertiary/aromatic N) is 2. The molecule has 3 N–H and O–H groups in total. The summed E-state index contributed by atoms with van der Waals surface area (Å²) in [5, 5.41) is 13.5. The van der Waals surface area contributed by atoms with Crippen LogP contribution in [0, 0.1) is 6.92 Å². The number of pyridine rings is 2. The Morgan fingerprint density at radius 1 is 1.19 bits per heavy atom. The van der Waals surface area contributed by atoms with Crippen LogP contribution in [-0.2, 0) is 6.54 Å². The van der Waals surface area contributed by atoms with Crippen molar-refractivity contribution in [3.8, 4) is 11.1 Å².